The van der Waals surface area contributed by atoms with E-state index in [2.05, 4.69) is 5.32 Å². The van der Waals surface area contributed by atoms with Gasteiger partial charge in [-0.25, -0.2) is 4.90 Å². The van der Waals surface area contributed by atoms with E-state index in [0.29, 0.717) is 22.1 Å². The fourth-order valence-electron chi connectivity index (χ4n) is 2.53. The Hall–Kier alpha value is -2.53. The first-order chi connectivity index (χ1) is 11.1. The van der Waals surface area contributed by atoms with Crippen LogP contribution in [-0.2, 0) is 9.59 Å². The van der Waals surface area contributed by atoms with Crippen LogP contribution >= 0.6 is 11.6 Å². The van der Waals surface area contributed by atoms with E-state index in [1.807, 2.05) is 6.07 Å². The van der Waals surface area contributed by atoms with E-state index in [-0.39, 0.29) is 18.2 Å². The molecule has 0 aromatic heterocycles. The molecule has 0 radical (unpaired) electrons. The number of rotatable bonds is 4. The molecule has 0 aliphatic carbocycles. The zero-order valence-electron chi connectivity index (χ0n) is 12.5. The summed E-state index contributed by atoms with van der Waals surface area (Å²) in [6.07, 6.45) is 0.0846. The molecule has 2 amide bonds. The molecule has 3 rings (SSSR count). The van der Waals surface area contributed by atoms with Crippen molar-refractivity contribution in [2.24, 2.45) is 0 Å². The van der Waals surface area contributed by atoms with Crippen LogP contribution in [0.15, 0.2) is 48.5 Å². The molecule has 5 nitrogen and oxygen atoms in total. The molecule has 1 aliphatic heterocycles. The van der Waals surface area contributed by atoms with Crippen molar-refractivity contribution in [1.29, 1.82) is 0 Å². The number of nitrogens with one attached hydrogen (secondary N) is 1. The number of anilines is 2. The quantitative estimate of drug-likeness (QED) is 0.875. The number of hydrogen-bond donors (Lipinski definition) is 1. The van der Waals surface area contributed by atoms with Gasteiger partial charge in [0.1, 0.15) is 11.8 Å². The van der Waals surface area contributed by atoms with Gasteiger partial charge < -0.3 is 10.1 Å². The number of carbonyl (C=O) groups excluding carboxylic acids is 2. The van der Waals surface area contributed by atoms with Gasteiger partial charge in [0.25, 0.3) is 5.91 Å². The third kappa shape index (κ3) is 3.00. The fraction of sp³-hybridized carbons (Fsp3) is 0.176. The van der Waals surface area contributed by atoms with Gasteiger partial charge in [-0.3, -0.25) is 9.59 Å². The van der Waals surface area contributed by atoms with Crippen LogP contribution in [0.5, 0.6) is 5.75 Å². The number of hydrogen-bond acceptors (Lipinski definition) is 4. The van der Waals surface area contributed by atoms with E-state index in [9.17, 15) is 9.59 Å². The summed E-state index contributed by atoms with van der Waals surface area (Å²) in [7, 11) is 1.54. The van der Waals surface area contributed by atoms with Crippen molar-refractivity contribution in [3.05, 3.63) is 53.6 Å². The predicted molar refractivity (Wildman–Crippen MR) is 89.0 cm³/mol. The molecule has 6 heteroatoms. The van der Waals surface area contributed by atoms with Crippen LogP contribution < -0.4 is 15.0 Å². The molecule has 1 saturated heterocycles. The lowest BCUT2D eigenvalue weighted by atomic mass is 10.2. The van der Waals surface area contributed by atoms with Crippen molar-refractivity contribution in [3.8, 4) is 5.75 Å². The van der Waals surface area contributed by atoms with Crippen molar-refractivity contribution >= 4 is 34.8 Å². The first-order valence-corrected chi connectivity index (χ1v) is 7.50. The van der Waals surface area contributed by atoms with Gasteiger partial charge in [0.15, 0.2) is 0 Å². The van der Waals surface area contributed by atoms with Gasteiger partial charge in [-0.05, 0) is 24.3 Å². The van der Waals surface area contributed by atoms with Crippen molar-refractivity contribution in [2.75, 3.05) is 17.3 Å². The van der Waals surface area contributed by atoms with Crippen LogP contribution in [0.3, 0.4) is 0 Å². The van der Waals surface area contributed by atoms with E-state index < -0.39 is 6.04 Å². The van der Waals surface area contributed by atoms with Crippen LogP contribution in [0.1, 0.15) is 6.42 Å². The Morgan fingerprint density at radius 3 is 2.70 bits per heavy atom. The van der Waals surface area contributed by atoms with Crippen molar-refractivity contribution in [2.45, 2.75) is 12.5 Å². The number of amides is 2. The highest BCUT2D eigenvalue weighted by atomic mass is 35.5. The molecule has 1 aliphatic rings. The van der Waals surface area contributed by atoms with Crippen molar-refractivity contribution in [1.82, 2.24) is 0 Å². The Balaban J connectivity index is 1.84. The van der Waals surface area contributed by atoms with E-state index in [4.69, 9.17) is 16.3 Å². The average molecular weight is 331 g/mol. The van der Waals surface area contributed by atoms with Gasteiger partial charge in [0.2, 0.25) is 5.91 Å². The summed E-state index contributed by atoms with van der Waals surface area (Å²) in [5.74, 6) is 0.0293. The topological polar surface area (TPSA) is 58.6 Å². The average Bonchev–Trinajstić information content (AvgIpc) is 2.83. The second-order valence-corrected chi connectivity index (χ2v) is 5.56. The normalized spacial score (nSPS) is 17.5. The van der Waals surface area contributed by atoms with Crippen LogP contribution in [0, 0.1) is 0 Å². The van der Waals surface area contributed by atoms with E-state index in [0.717, 1.165) is 0 Å². The highest BCUT2D eigenvalue weighted by Gasteiger charge is 2.39. The Labute approximate surface area is 138 Å². The molecular formula is C17H15ClN2O3. The number of carbonyl (C=O) groups is 2. The summed E-state index contributed by atoms with van der Waals surface area (Å²) < 4.78 is 5.14. The van der Waals surface area contributed by atoms with Crippen molar-refractivity contribution in [3.63, 3.8) is 0 Å². The number of nitrogens with zero attached hydrogens (tertiary/aromatic N) is 1. The molecule has 0 unspecified atom stereocenters. The summed E-state index contributed by atoms with van der Waals surface area (Å²) in [6.45, 7) is 0. The second-order valence-electron chi connectivity index (χ2n) is 5.15. The minimum absolute atomic E-state index is 0.0846. The first-order valence-electron chi connectivity index (χ1n) is 7.12. The lowest BCUT2D eigenvalue weighted by Crippen LogP contribution is -2.34. The van der Waals surface area contributed by atoms with Gasteiger partial charge >= 0.3 is 0 Å². The number of halogens is 1. The molecule has 0 saturated carbocycles. The smallest absolute Gasteiger partial charge is 0.256 e. The highest BCUT2D eigenvalue weighted by Crippen LogP contribution is 2.29. The number of methoxy groups -OCH3 is 1. The van der Waals surface area contributed by atoms with Crippen LogP contribution in [0.2, 0.25) is 5.02 Å². The summed E-state index contributed by atoms with van der Waals surface area (Å²) in [6, 6.07) is 13.3. The number of benzene rings is 2. The van der Waals surface area contributed by atoms with Gasteiger partial charge in [0, 0.05) is 6.07 Å². The minimum Gasteiger partial charge on any atom is -0.497 e. The second kappa shape index (κ2) is 6.30. The minimum atomic E-state index is -0.631. The molecule has 0 bridgehead atoms. The van der Waals surface area contributed by atoms with E-state index in [1.165, 1.54) is 12.0 Å². The van der Waals surface area contributed by atoms with Crippen LogP contribution in [-0.4, -0.2) is 25.0 Å². The van der Waals surface area contributed by atoms with E-state index in [1.54, 1.807) is 42.5 Å². The van der Waals surface area contributed by atoms with Crippen molar-refractivity contribution < 1.29 is 14.3 Å². The molecule has 1 heterocycles. The van der Waals surface area contributed by atoms with Gasteiger partial charge in [0.05, 0.1) is 29.9 Å². The summed E-state index contributed by atoms with van der Waals surface area (Å²) in [5.41, 5.74) is 1.13. The largest absolute Gasteiger partial charge is 0.497 e. The van der Waals surface area contributed by atoms with Gasteiger partial charge in [-0.1, -0.05) is 29.8 Å². The highest BCUT2D eigenvalue weighted by molar-refractivity contribution is 6.33. The van der Waals surface area contributed by atoms with Crippen LogP contribution in [0.25, 0.3) is 0 Å². The Kier molecular flexibility index (Phi) is 4.21. The maximum atomic E-state index is 12.6. The maximum Gasteiger partial charge on any atom is 0.256 e. The Bertz CT molecular complexity index is 763. The van der Waals surface area contributed by atoms with Crippen LogP contribution in [0.4, 0.5) is 11.4 Å². The fourth-order valence-corrected chi connectivity index (χ4v) is 2.72. The molecule has 2 aromatic carbocycles. The lowest BCUT2D eigenvalue weighted by Gasteiger charge is -2.17. The Morgan fingerprint density at radius 2 is 1.96 bits per heavy atom. The summed E-state index contributed by atoms with van der Waals surface area (Å²) in [5, 5.41) is 3.55. The standard InChI is InChI=1S/C17H15ClN2O3/c1-23-12-6-4-5-11(9-12)20-16(21)10-15(17(20)22)19-14-8-3-2-7-13(14)18/h2-9,15,19H,10H2,1H3/t15-/m1/s1. The number of ether oxygens (including phenoxy) is 1. The molecule has 0 spiro atoms. The molecule has 118 valence electrons. The third-order valence-electron chi connectivity index (χ3n) is 3.66. The first kappa shape index (κ1) is 15.4. The zero-order chi connectivity index (χ0) is 16.4. The molecule has 1 N–H and O–H groups in total. The van der Waals surface area contributed by atoms with E-state index >= 15 is 0 Å². The molecular weight excluding hydrogens is 316 g/mol. The summed E-state index contributed by atoms with van der Waals surface area (Å²) >= 11 is 6.09. The monoisotopic (exact) mass is 330 g/mol. The maximum absolute atomic E-state index is 12.6. The molecule has 23 heavy (non-hydrogen) atoms. The SMILES string of the molecule is COc1cccc(N2C(=O)C[C@@H](Nc3ccccc3Cl)C2=O)c1. The number of imide groups is 1. The van der Waals surface area contributed by atoms with Gasteiger partial charge in [-0.2, -0.15) is 0 Å². The zero-order valence-corrected chi connectivity index (χ0v) is 13.2. The molecule has 1 fully saturated rings. The summed E-state index contributed by atoms with van der Waals surface area (Å²) in [4.78, 5) is 26.0. The third-order valence-corrected chi connectivity index (χ3v) is 3.99. The van der Waals surface area contributed by atoms with Gasteiger partial charge in [-0.15, -0.1) is 0 Å². The molecule has 2 aromatic rings. The lowest BCUT2D eigenvalue weighted by molar-refractivity contribution is -0.121. The number of para-hydroxylation sites is 1. The molecule has 1 atom stereocenters. The Morgan fingerprint density at radius 1 is 1.17 bits per heavy atom. The predicted octanol–water partition coefficient (Wildman–Crippen LogP) is 3.09.